The first-order chi connectivity index (χ1) is 4.99. The molecule has 0 aliphatic carbocycles. The Bertz CT molecular complexity index is 246. The van der Waals surface area contributed by atoms with E-state index in [1.807, 2.05) is 0 Å². The van der Waals surface area contributed by atoms with Crippen molar-refractivity contribution in [1.29, 1.82) is 0 Å². The smallest absolute Gasteiger partial charge is 0.317 e. The lowest BCUT2D eigenvalue weighted by molar-refractivity contribution is -0.136. The van der Waals surface area contributed by atoms with Gasteiger partial charge in [0.15, 0.2) is 9.84 Å². The summed E-state index contributed by atoms with van der Waals surface area (Å²) in [5.41, 5.74) is 0. The van der Waals surface area contributed by atoms with Crippen LogP contribution in [0, 0.1) is 0 Å². The SMILES string of the molecule is O=C(O)CNC1CS(=O)(=O)C1. The van der Waals surface area contributed by atoms with Crippen LogP contribution in [0.5, 0.6) is 0 Å². The van der Waals surface area contributed by atoms with Crippen LogP contribution in [0.2, 0.25) is 0 Å². The summed E-state index contributed by atoms with van der Waals surface area (Å²) in [4.78, 5) is 9.99. The molecule has 0 aromatic rings. The minimum atomic E-state index is -2.83. The number of hydrogen-bond acceptors (Lipinski definition) is 4. The average molecular weight is 179 g/mol. The zero-order chi connectivity index (χ0) is 8.48. The van der Waals surface area contributed by atoms with Crippen LogP contribution in [0.3, 0.4) is 0 Å². The first-order valence-electron chi connectivity index (χ1n) is 3.15. The van der Waals surface area contributed by atoms with Gasteiger partial charge in [-0.2, -0.15) is 0 Å². The second kappa shape index (κ2) is 2.78. The van der Waals surface area contributed by atoms with Crippen molar-refractivity contribution in [2.75, 3.05) is 18.1 Å². The van der Waals surface area contributed by atoms with Gasteiger partial charge in [0, 0.05) is 6.04 Å². The molecule has 1 saturated heterocycles. The molecule has 0 radical (unpaired) electrons. The van der Waals surface area contributed by atoms with Crippen molar-refractivity contribution in [2.24, 2.45) is 0 Å². The molecule has 5 nitrogen and oxygen atoms in total. The molecule has 0 bridgehead atoms. The van der Waals surface area contributed by atoms with Gasteiger partial charge in [-0.15, -0.1) is 0 Å². The van der Waals surface area contributed by atoms with Crippen molar-refractivity contribution >= 4 is 15.8 Å². The summed E-state index contributed by atoms with van der Waals surface area (Å²) < 4.78 is 21.1. The van der Waals surface area contributed by atoms with Gasteiger partial charge in [0.2, 0.25) is 0 Å². The van der Waals surface area contributed by atoms with Crippen LogP contribution in [0.1, 0.15) is 0 Å². The van der Waals surface area contributed by atoms with Crippen LogP contribution >= 0.6 is 0 Å². The number of carboxylic acids is 1. The molecule has 6 heteroatoms. The minimum Gasteiger partial charge on any atom is -0.480 e. The van der Waals surface area contributed by atoms with Gasteiger partial charge in [-0.1, -0.05) is 0 Å². The highest BCUT2D eigenvalue weighted by atomic mass is 32.2. The Morgan fingerprint density at radius 1 is 1.55 bits per heavy atom. The van der Waals surface area contributed by atoms with E-state index < -0.39 is 15.8 Å². The van der Waals surface area contributed by atoms with Gasteiger partial charge in [-0.05, 0) is 0 Å². The topological polar surface area (TPSA) is 83.5 Å². The van der Waals surface area contributed by atoms with E-state index in [4.69, 9.17) is 5.11 Å². The molecular weight excluding hydrogens is 170 g/mol. The predicted molar refractivity (Wildman–Crippen MR) is 38.1 cm³/mol. The lowest BCUT2D eigenvalue weighted by Gasteiger charge is -2.25. The highest BCUT2D eigenvalue weighted by Crippen LogP contribution is 2.09. The summed E-state index contributed by atoms with van der Waals surface area (Å²) in [7, 11) is -2.83. The molecule has 11 heavy (non-hydrogen) atoms. The van der Waals surface area contributed by atoms with Crippen molar-refractivity contribution in [2.45, 2.75) is 6.04 Å². The van der Waals surface area contributed by atoms with Crippen LogP contribution in [0.4, 0.5) is 0 Å². The Balaban J connectivity index is 2.19. The molecule has 0 saturated carbocycles. The molecule has 0 atom stereocenters. The molecule has 0 aromatic carbocycles. The van der Waals surface area contributed by atoms with E-state index in [0.29, 0.717) is 0 Å². The van der Waals surface area contributed by atoms with Gasteiger partial charge >= 0.3 is 5.97 Å². The van der Waals surface area contributed by atoms with Crippen molar-refractivity contribution < 1.29 is 18.3 Å². The predicted octanol–water partition coefficient (Wildman–Crippen LogP) is -1.54. The fraction of sp³-hybridized carbons (Fsp3) is 0.800. The molecule has 1 aliphatic heterocycles. The third-order valence-corrected chi connectivity index (χ3v) is 3.27. The van der Waals surface area contributed by atoms with Gasteiger partial charge < -0.3 is 10.4 Å². The van der Waals surface area contributed by atoms with Crippen LogP contribution in [0.15, 0.2) is 0 Å². The minimum absolute atomic E-state index is 0.0697. The molecule has 64 valence electrons. The van der Waals surface area contributed by atoms with Gasteiger partial charge in [0.25, 0.3) is 0 Å². The number of sulfone groups is 1. The molecular formula is C5H9NO4S. The molecule has 0 amide bonds. The van der Waals surface area contributed by atoms with E-state index in [-0.39, 0.29) is 24.1 Å². The zero-order valence-electron chi connectivity index (χ0n) is 5.78. The quantitative estimate of drug-likeness (QED) is 0.548. The van der Waals surface area contributed by atoms with E-state index in [2.05, 4.69) is 5.32 Å². The third-order valence-electron chi connectivity index (χ3n) is 1.45. The number of carboxylic acid groups (broad SMARTS) is 1. The Kier molecular flexibility index (Phi) is 2.15. The number of aliphatic carboxylic acids is 1. The molecule has 1 aliphatic rings. The summed E-state index contributed by atoms with van der Waals surface area (Å²) in [6, 6.07) is -0.156. The van der Waals surface area contributed by atoms with Crippen molar-refractivity contribution in [1.82, 2.24) is 5.32 Å². The second-order valence-electron chi connectivity index (χ2n) is 2.55. The van der Waals surface area contributed by atoms with E-state index in [1.165, 1.54) is 0 Å². The highest BCUT2D eigenvalue weighted by Gasteiger charge is 2.32. The van der Waals surface area contributed by atoms with Crippen molar-refractivity contribution in [3.05, 3.63) is 0 Å². The first kappa shape index (κ1) is 8.48. The van der Waals surface area contributed by atoms with Crippen LogP contribution in [0.25, 0.3) is 0 Å². The van der Waals surface area contributed by atoms with Crippen molar-refractivity contribution in [3.8, 4) is 0 Å². The first-order valence-corrected chi connectivity index (χ1v) is 4.97. The van der Waals surface area contributed by atoms with E-state index in [1.54, 1.807) is 0 Å². The highest BCUT2D eigenvalue weighted by molar-refractivity contribution is 7.92. The maximum atomic E-state index is 10.6. The molecule has 0 spiro atoms. The van der Waals surface area contributed by atoms with Gasteiger partial charge in [0.1, 0.15) is 0 Å². The standard InChI is InChI=1S/C5H9NO4S/c7-5(8)1-6-4-2-11(9,10)3-4/h4,6H,1-3H2,(H,7,8). The number of rotatable bonds is 3. The van der Waals surface area contributed by atoms with E-state index >= 15 is 0 Å². The Hall–Kier alpha value is -0.620. The number of carbonyl (C=O) groups is 1. The summed E-state index contributed by atoms with van der Waals surface area (Å²) in [6.45, 7) is -0.166. The molecule has 0 aromatic heterocycles. The summed E-state index contributed by atoms with van der Waals surface area (Å²) >= 11 is 0. The molecule has 1 rings (SSSR count). The lowest BCUT2D eigenvalue weighted by Crippen LogP contribution is -2.52. The summed E-state index contributed by atoms with van der Waals surface area (Å²) in [6.07, 6.45) is 0. The summed E-state index contributed by atoms with van der Waals surface area (Å²) in [5, 5.41) is 10.8. The van der Waals surface area contributed by atoms with Gasteiger partial charge in [-0.25, -0.2) is 8.42 Å². The monoisotopic (exact) mass is 179 g/mol. The zero-order valence-corrected chi connectivity index (χ0v) is 6.60. The van der Waals surface area contributed by atoms with Crippen LogP contribution in [-0.2, 0) is 14.6 Å². The number of hydrogen-bond donors (Lipinski definition) is 2. The lowest BCUT2D eigenvalue weighted by atomic mass is 10.4. The largest absolute Gasteiger partial charge is 0.480 e. The molecule has 2 N–H and O–H groups in total. The fourth-order valence-electron chi connectivity index (χ4n) is 0.914. The Morgan fingerprint density at radius 2 is 2.09 bits per heavy atom. The fourth-order valence-corrected chi connectivity index (χ4v) is 2.28. The molecule has 1 heterocycles. The number of nitrogens with one attached hydrogen (secondary N) is 1. The Morgan fingerprint density at radius 3 is 2.45 bits per heavy atom. The second-order valence-corrected chi connectivity index (χ2v) is 4.70. The average Bonchev–Trinajstić information content (AvgIpc) is 1.78. The third kappa shape index (κ3) is 2.47. The maximum Gasteiger partial charge on any atom is 0.317 e. The van der Waals surface area contributed by atoms with Gasteiger partial charge in [0.05, 0.1) is 18.1 Å². The summed E-state index contributed by atoms with van der Waals surface area (Å²) in [5.74, 6) is -0.824. The van der Waals surface area contributed by atoms with Crippen LogP contribution in [-0.4, -0.2) is 43.6 Å². The van der Waals surface area contributed by atoms with Gasteiger partial charge in [-0.3, -0.25) is 4.79 Å². The molecule has 1 fully saturated rings. The normalized spacial score (nSPS) is 22.5. The van der Waals surface area contributed by atoms with Crippen molar-refractivity contribution in [3.63, 3.8) is 0 Å². The van der Waals surface area contributed by atoms with Crippen LogP contribution < -0.4 is 5.32 Å². The molecule has 0 unspecified atom stereocenters. The van der Waals surface area contributed by atoms with E-state index in [0.717, 1.165) is 0 Å². The Labute approximate surface area is 64.3 Å². The van der Waals surface area contributed by atoms with E-state index in [9.17, 15) is 13.2 Å². The maximum absolute atomic E-state index is 10.6.